The maximum absolute atomic E-state index is 13.0. The van der Waals surface area contributed by atoms with Crippen LogP contribution in [0.25, 0.3) is 0 Å². The maximum Gasteiger partial charge on any atom is 0.411 e. The van der Waals surface area contributed by atoms with Crippen molar-refractivity contribution in [3.05, 3.63) is 35.6 Å². The predicted molar refractivity (Wildman–Crippen MR) is 86.7 cm³/mol. The minimum atomic E-state index is -0.579. The topological polar surface area (TPSA) is 49.9 Å². The summed E-state index contributed by atoms with van der Waals surface area (Å²) in [7, 11) is 0. The van der Waals surface area contributed by atoms with E-state index >= 15 is 0 Å². The highest BCUT2D eigenvalue weighted by Gasteiger charge is 2.49. The van der Waals surface area contributed by atoms with Crippen molar-refractivity contribution >= 4 is 12.0 Å². The highest BCUT2D eigenvalue weighted by molar-refractivity contribution is 5.88. The number of likely N-dealkylation sites (tertiary alicyclic amines) is 1. The van der Waals surface area contributed by atoms with Crippen molar-refractivity contribution in [3.8, 4) is 0 Å². The van der Waals surface area contributed by atoms with Crippen molar-refractivity contribution in [2.24, 2.45) is 0 Å². The number of ether oxygens (including phenoxy) is 1. The second-order valence-corrected chi connectivity index (χ2v) is 7.48. The van der Waals surface area contributed by atoms with Crippen LogP contribution < -0.4 is 0 Å². The minimum absolute atomic E-state index is 0.0111. The van der Waals surface area contributed by atoms with Gasteiger partial charge in [0, 0.05) is 13.1 Å². The number of nitrogens with zero attached hydrogens (tertiary/aromatic N) is 2. The van der Waals surface area contributed by atoms with Crippen LogP contribution in [0, 0.1) is 5.82 Å². The van der Waals surface area contributed by atoms with Crippen molar-refractivity contribution in [1.82, 2.24) is 9.80 Å². The van der Waals surface area contributed by atoms with Gasteiger partial charge in [-0.25, -0.2) is 9.18 Å². The fourth-order valence-electron chi connectivity index (χ4n) is 3.40. The zero-order valence-electron chi connectivity index (χ0n) is 14.3. The van der Waals surface area contributed by atoms with Crippen molar-refractivity contribution in [2.75, 3.05) is 6.54 Å². The van der Waals surface area contributed by atoms with E-state index in [4.69, 9.17) is 4.74 Å². The van der Waals surface area contributed by atoms with E-state index in [1.165, 1.54) is 12.1 Å². The summed E-state index contributed by atoms with van der Waals surface area (Å²) >= 11 is 0. The Morgan fingerprint density at radius 2 is 1.92 bits per heavy atom. The van der Waals surface area contributed by atoms with Crippen LogP contribution in [-0.4, -0.2) is 46.0 Å². The normalized spacial score (nSPS) is 23.6. The van der Waals surface area contributed by atoms with E-state index in [0.29, 0.717) is 19.5 Å². The maximum atomic E-state index is 13.0. The predicted octanol–water partition coefficient (Wildman–Crippen LogP) is 2.94. The molecule has 5 nitrogen and oxygen atoms in total. The number of hydrogen-bond acceptors (Lipinski definition) is 3. The van der Waals surface area contributed by atoms with Gasteiger partial charge in [0.2, 0.25) is 5.91 Å². The molecule has 2 fully saturated rings. The molecule has 2 atom stereocenters. The lowest BCUT2D eigenvalue weighted by Crippen LogP contribution is -2.59. The second kappa shape index (κ2) is 6.07. The second-order valence-electron chi connectivity index (χ2n) is 7.48. The molecule has 2 aliphatic heterocycles. The van der Waals surface area contributed by atoms with Gasteiger partial charge in [-0.05, 0) is 51.3 Å². The van der Waals surface area contributed by atoms with Crippen molar-refractivity contribution in [1.29, 1.82) is 0 Å². The summed E-state index contributed by atoms with van der Waals surface area (Å²) in [5.74, 6) is -0.348. The summed E-state index contributed by atoms with van der Waals surface area (Å²) in [5, 5.41) is 0. The lowest BCUT2D eigenvalue weighted by atomic mass is 10.1. The zero-order chi connectivity index (χ0) is 17.5. The van der Waals surface area contributed by atoms with E-state index in [2.05, 4.69) is 0 Å². The van der Waals surface area contributed by atoms with Crippen LogP contribution in [0.4, 0.5) is 9.18 Å². The van der Waals surface area contributed by atoms with Crippen molar-refractivity contribution < 1.29 is 18.7 Å². The molecule has 24 heavy (non-hydrogen) atoms. The molecule has 130 valence electrons. The lowest BCUT2D eigenvalue weighted by Gasteiger charge is -2.40. The molecule has 2 bridgehead atoms. The van der Waals surface area contributed by atoms with Crippen LogP contribution in [0.1, 0.15) is 39.2 Å². The third-order valence-corrected chi connectivity index (χ3v) is 4.42. The first kappa shape index (κ1) is 16.7. The van der Waals surface area contributed by atoms with Gasteiger partial charge in [0.1, 0.15) is 17.5 Å². The number of halogens is 1. The van der Waals surface area contributed by atoms with Gasteiger partial charge in [0.05, 0.1) is 6.04 Å². The molecule has 2 saturated heterocycles. The summed E-state index contributed by atoms with van der Waals surface area (Å²) in [6.07, 6.45) is 1.06. The number of benzene rings is 1. The molecule has 1 aromatic rings. The van der Waals surface area contributed by atoms with Gasteiger partial charge < -0.3 is 9.64 Å². The van der Waals surface area contributed by atoms with Gasteiger partial charge in [0.25, 0.3) is 0 Å². The molecule has 0 N–H and O–H groups in total. The molecular weight excluding hydrogens is 311 g/mol. The molecule has 2 unspecified atom stereocenters. The molecular formula is C18H23FN2O3. The Labute approximate surface area is 141 Å². The highest BCUT2D eigenvalue weighted by Crippen LogP contribution is 2.33. The van der Waals surface area contributed by atoms with Crippen molar-refractivity contribution in [2.45, 2.75) is 57.8 Å². The molecule has 2 heterocycles. The molecule has 0 aromatic heterocycles. The standard InChI is InChI=1S/C18H23FN2O3/c1-18(2,3)24-17(23)21-14-8-9-15(21)16(22)20(11-14)10-12-4-6-13(19)7-5-12/h4-7,14-15H,8-11H2,1-3H3. The average molecular weight is 334 g/mol. The Hall–Kier alpha value is -2.11. The fraction of sp³-hybridized carbons (Fsp3) is 0.556. The third-order valence-electron chi connectivity index (χ3n) is 4.42. The highest BCUT2D eigenvalue weighted by atomic mass is 19.1. The quantitative estimate of drug-likeness (QED) is 0.835. The molecule has 2 amide bonds. The Balaban J connectivity index is 1.71. The summed E-state index contributed by atoms with van der Waals surface area (Å²) in [4.78, 5) is 28.5. The van der Waals surface area contributed by atoms with Crippen LogP contribution in [0.5, 0.6) is 0 Å². The smallest absolute Gasteiger partial charge is 0.411 e. The van der Waals surface area contributed by atoms with Crippen LogP contribution >= 0.6 is 0 Å². The first-order chi connectivity index (χ1) is 11.2. The fourth-order valence-corrected chi connectivity index (χ4v) is 3.40. The average Bonchev–Trinajstić information content (AvgIpc) is 2.83. The summed E-state index contributed by atoms with van der Waals surface area (Å²) in [6.45, 7) is 6.39. The minimum Gasteiger partial charge on any atom is -0.444 e. The molecule has 2 aliphatic rings. The SMILES string of the molecule is CC(C)(C)OC(=O)N1C2CCC1C(=O)N(Cc1ccc(F)cc1)C2. The van der Waals surface area contributed by atoms with Gasteiger partial charge >= 0.3 is 6.09 Å². The Morgan fingerprint density at radius 3 is 2.54 bits per heavy atom. The first-order valence-electron chi connectivity index (χ1n) is 8.29. The molecule has 1 aromatic carbocycles. The van der Waals surface area contributed by atoms with Crippen LogP contribution in [0.15, 0.2) is 24.3 Å². The summed E-state index contributed by atoms with van der Waals surface area (Å²) in [6, 6.07) is 5.70. The van der Waals surface area contributed by atoms with E-state index in [9.17, 15) is 14.0 Å². The Morgan fingerprint density at radius 1 is 1.25 bits per heavy atom. The summed E-state index contributed by atoms with van der Waals surface area (Å²) < 4.78 is 18.5. The van der Waals surface area contributed by atoms with Crippen LogP contribution in [-0.2, 0) is 16.1 Å². The Bertz CT molecular complexity index is 639. The third kappa shape index (κ3) is 3.37. The number of fused-ring (bicyclic) bond motifs is 2. The largest absolute Gasteiger partial charge is 0.444 e. The zero-order valence-corrected chi connectivity index (χ0v) is 14.3. The molecule has 3 rings (SSSR count). The van der Waals surface area contributed by atoms with E-state index in [1.807, 2.05) is 20.8 Å². The number of hydrogen-bond donors (Lipinski definition) is 0. The molecule has 0 aliphatic carbocycles. The summed E-state index contributed by atoms with van der Waals surface area (Å²) in [5.41, 5.74) is 0.306. The van der Waals surface area contributed by atoms with Gasteiger partial charge in [0.15, 0.2) is 0 Å². The first-order valence-corrected chi connectivity index (χ1v) is 8.29. The van der Waals surface area contributed by atoms with E-state index < -0.39 is 17.7 Å². The van der Waals surface area contributed by atoms with Gasteiger partial charge in [-0.15, -0.1) is 0 Å². The number of piperazine rings is 1. The van der Waals surface area contributed by atoms with Crippen LogP contribution in [0.2, 0.25) is 0 Å². The van der Waals surface area contributed by atoms with Gasteiger partial charge in [-0.3, -0.25) is 9.69 Å². The lowest BCUT2D eigenvalue weighted by molar-refractivity contribution is -0.141. The number of rotatable bonds is 2. The molecule has 6 heteroatoms. The van der Waals surface area contributed by atoms with Gasteiger partial charge in [-0.1, -0.05) is 12.1 Å². The molecule has 0 spiro atoms. The molecule has 0 radical (unpaired) electrons. The Kier molecular flexibility index (Phi) is 4.24. The van der Waals surface area contributed by atoms with Crippen LogP contribution in [0.3, 0.4) is 0 Å². The van der Waals surface area contributed by atoms with E-state index in [-0.39, 0.29) is 17.8 Å². The van der Waals surface area contributed by atoms with Gasteiger partial charge in [-0.2, -0.15) is 0 Å². The monoisotopic (exact) mass is 334 g/mol. The number of amides is 2. The molecule has 0 saturated carbocycles. The van der Waals surface area contributed by atoms with E-state index in [0.717, 1.165) is 12.0 Å². The number of carbonyl (C=O) groups is 2. The van der Waals surface area contributed by atoms with Crippen molar-refractivity contribution in [3.63, 3.8) is 0 Å². The van der Waals surface area contributed by atoms with E-state index in [1.54, 1.807) is 21.9 Å². The number of carbonyl (C=O) groups excluding carboxylic acids is 2.